The number of nitro groups is 1. The largest absolute Gasteiger partial charge is 0.455 e. The summed E-state index contributed by atoms with van der Waals surface area (Å²) in [5.74, 6) is 4.91. The predicted octanol–water partition coefficient (Wildman–Crippen LogP) is 8.76. The second kappa shape index (κ2) is 23.4. The molecular weight excluding hydrogens is 1080 g/mol. The number of allylic oxidation sites excluding steroid dienone is 1. The van der Waals surface area contributed by atoms with Crippen LogP contribution in [0.3, 0.4) is 0 Å². The zero-order valence-electron chi connectivity index (χ0n) is 45.6. The van der Waals surface area contributed by atoms with Crippen molar-refractivity contribution in [1.29, 1.82) is 0 Å². The number of carbonyl (C=O) groups is 4. The molecular formula is C61H63ClN10O9S. The summed E-state index contributed by atoms with van der Waals surface area (Å²) in [6.45, 7) is 11.0. The molecule has 3 fully saturated rings. The molecule has 82 heavy (non-hydrogen) atoms. The van der Waals surface area contributed by atoms with Crippen molar-refractivity contribution >= 4 is 78.9 Å². The number of hydrogen-bond acceptors (Lipinski definition) is 14. The molecule has 2 atom stereocenters. The van der Waals surface area contributed by atoms with E-state index in [0.29, 0.717) is 60.3 Å². The maximum atomic E-state index is 14.2. The number of H-pyrrole nitrogens is 1. The van der Waals surface area contributed by atoms with Gasteiger partial charge in [-0.3, -0.25) is 44.4 Å². The van der Waals surface area contributed by atoms with Crippen LogP contribution < -0.4 is 25.0 Å². The molecule has 3 saturated heterocycles. The smallest absolute Gasteiger partial charge is 0.293 e. The van der Waals surface area contributed by atoms with Gasteiger partial charge in [-0.05, 0) is 134 Å². The molecule has 19 nitrogen and oxygen atoms in total. The molecule has 11 rings (SSSR count). The van der Waals surface area contributed by atoms with Gasteiger partial charge in [-0.25, -0.2) is 18.1 Å². The molecule has 2 aromatic heterocycles. The molecule has 5 aliphatic rings. The van der Waals surface area contributed by atoms with Gasteiger partial charge in [0.2, 0.25) is 11.8 Å². The maximum Gasteiger partial charge on any atom is 0.293 e. The number of carbonyl (C=O) groups excluding carboxylic acids is 4. The molecule has 0 spiro atoms. The van der Waals surface area contributed by atoms with E-state index in [4.69, 9.17) is 16.3 Å². The second-order valence-corrected chi connectivity index (χ2v) is 24.7. The fraction of sp³-hybridized carbons (Fsp3) is 0.361. The number of fused-ring (bicyclic) bond motifs is 2. The molecule has 424 valence electrons. The van der Waals surface area contributed by atoms with Crippen molar-refractivity contribution in [2.75, 3.05) is 69.1 Å². The minimum absolute atomic E-state index is 0.0688. The Kier molecular flexibility index (Phi) is 15.9. The minimum atomic E-state index is -4.66. The Labute approximate surface area is 480 Å². The number of amides is 4. The van der Waals surface area contributed by atoms with E-state index in [1.807, 2.05) is 24.3 Å². The van der Waals surface area contributed by atoms with E-state index in [0.717, 1.165) is 81.0 Å². The first kappa shape index (κ1) is 55.8. The number of likely N-dealkylation sites (tertiary alicyclic amines) is 1. The van der Waals surface area contributed by atoms with Gasteiger partial charge in [-0.15, -0.1) is 0 Å². The molecule has 0 bridgehead atoms. The van der Waals surface area contributed by atoms with E-state index in [-0.39, 0.29) is 59.5 Å². The number of nitro benzene ring substituents is 1. The topological polar surface area (TPSA) is 233 Å². The molecule has 4 N–H and O–H groups in total. The fourth-order valence-corrected chi connectivity index (χ4v) is 13.0. The van der Waals surface area contributed by atoms with Crippen LogP contribution in [0.5, 0.6) is 11.5 Å². The van der Waals surface area contributed by atoms with Gasteiger partial charge in [0.25, 0.3) is 27.5 Å². The summed E-state index contributed by atoms with van der Waals surface area (Å²) in [6.07, 6.45) is 8.55. The summed E-state index contributed by atoms with van der Waals surface area (Å²) < 4.78 is 36.5. The van der Waals surface area contributed by atoms with E-state index in [2.05, 4.69) is 77.8 Å². The lowest BCUT2D eigenvalue weighted by Crippen LogP contribution is -2.52. The summed E-state index contributed by atoms with van der Waals surface area (Å²) in [5.41, 5.74) is 7.21. The highest BCUT2D eigenvalue weighted by atomic mass is 35.5. The van der Waals surface area contributed by atoms with E-state index in [9.17, 15) is 37.7 Å². The van der Waals surface area contributed by atoms with Crippen LogP contribution in [0, 0.1) is 33.3 Å². The number of aromatic amines is 1. The predicted molar refractivity (Wildman–Crippen MR) is 312 cm³/mol. The van der Waals surface area contributed by atoms with Crippen molar-refractivity contribution < 1.29 is 37.3 Å². The van der Waals surface area contributed by atoms with Crippen LogP contribution in [0.15, 0.2) is 114 Å². The standard InChI is InChI=1S/C61H63ClN10O9S/c1-61(2)22-20-43(50(33-61)41-10-12-44(62)13-11-41)37-69-26-28-70(29-27-69)45-14-16-49(55(31-45)81-46-30-42-21-23-63-57(42)65-35-46)58(74)67-82(79,80)47-15-17-52(54(32-47)72(77)78)64-34-39-6-4-24-68(36-39)25-5-8-40-7-3-9-48-51(40)38-71(60(48)76)53-18-19-56(73)66-59(53)75/h3,7,9-17,21,23,30-32,35,39,53,64H,4,6,18-20,22,24-29,33-34,36-38H2,1-2H3,(H,63,65)(H,67,74)(H,66,73,75). The third-order valence-corrected chi connectivity index (χ3v) is 17.9. The number of ether oxygens (including phenoxy) is 1. The number of halogens is 1. The van der Waals surface area contributed by atoms with Crippen LogP contribution in [0.1, 0.15) is 96.2 Å². The molecule has 4 aromatic carbocycles. The number of nitrogens with zero attached hydrogens (tertiary/aromatic N) is 6. The Morgan fingerprint density at radius 2 is 1.77 bits per heavy atom. The van der Waals surface area contributed by atoms with Crippen LogP contribution in [0.25, 0.3) is 16.6 Å². The number of sulfonamides is 1. The van der Waals surface area contributed by atoms with Crippen molar-refractivity contribution in [2.45, 2.75) is 76.3 Å². The first-order valence-electron chi connectivity index (χ1n) is 27.7. The van der Waals surface area contributed by atoms with Crippen LogP contribution in [0.2, 0.25) is 5.02 Å². The first-order chi connectivity index (χ1) is 39.4. The SMILES string of the molecule is CC1(C)CCC(CN2CCN(c3ccc(C(=O)NS(=O)(=O)c4ccc(NCC5CCCN(CC#Cc6cccc7c6CN(C6CCC(=O)NC6=O)C7=O)C5)c([N+](=O)[O-])c4)c(Oc4cnc5[nH]ccc5c4)c3)CC2)=C(c2ccc(Cl)cc2)C1. The average molecular weight is 1150 g/mol. The van der Waals surface area contributed by atoms with Gasteiger partial charge in [0.15, 0.2) is 0 Å². The second-order valence-electron chi connectivity index (χ2n) is 22.6. The maximum absolute atomic E-state index is 14.2. The number of rotatable bonds is 15. The van der Waals surface area contributed by atoms with Crippen molar-refractivity contribution in [3.8, 4) is 23.3 Å². The first-order valence-corrected chi connectivity index (χ1v) is 29.6. The van der Waals surface area contributed by atoms with E-state index < -0.39 is 43.4 Å². The molecule has 6 heterocycles. The number of benzene rings is 4. The van der Waals surface area contributed by atoms with Gasteiger partial charge in [0.1, 0.15) is 28.9 Å². The summed E-state index contributed by atoms with van der Waals surface area (Å²) in [4.78, 5) is 79.1. The number of aromatic nitrogens is 2. The summed E-state index contributed by atoms with van der Waals surface area (Å²) in [6, 6.07) is 24.9. The summed E-state index contributed by atoms with van der Waals surface area (Å²) in [5, 5.41) is 19.5. The number of hydrogen-bond donors (Lipinski definition) is 4. The van der Waals surface area contributed by atoms with Crippen LogP contribution in [0.4, 0.5) is 17.1 Å². The number of imide groups is 1. The van der Waals surface area contributed by atoms with Crippen molar-refractivity contribution in [3.63, 3.8) is 0 Å². The lowest BCUT2D eigenvalue weighted by Gasteiger charge is -2.39. The van der Waals surface area contributed by atoms with Crippen LogP contribution >= 0.6 is 11.6 Å². The highest BCUT2D eigenvalue weighted by Gasteiger charge is 2.40. The number of piperidine rings is 2. The fourth-order valence-electron chi connectivity index (χ4n) is 11.9. The minimum Gasteiger partial charge on any atom is -0.455 e. The molecule has 0 saturated carbocycles. The molecule has 1 aliphatic carbocycles. The molecule has 2 unspecified atom stereocenters. The normalized spacial score (nSPS) is 19.6. The molecule has 4 aliphatic heterocycles. The number of pyridine rings is 1. The zero-order valence-corrected chi connectivity index (χ0v) is 47.2. The van der Waals surface area contributed by atoms with Crippen molar-refractivity contribution in [3.05, 3.63) is 152 Å². The molecule has 6 aromatic rings. The summed E-state index contributed by atoms with van der Waals surface area (Å²) >= 11 is 6.27. The Morgan fingerprint density at radius 1 is 0.951 bits per heavy atom. The van der Waals surface area contributed by atoms with E-state index in [1.165, 1.54) is 46.0 Å². The third-order valence-electron chi connectivity index (χ3n) is 16.3. The van der Waals surface area contributed by atoms with Crippen molar-refractivity contribution in [2.24, 2.45) is 11.3 Å². The van der Waals surface area contributed by atoms with Gasteiger partial charge < -0.3 is 24.8 Å². The van der Waals surface area contributed by atoms with Gasteiger partial charge in [0, 0.05) is 104 Å². The van der Waals surface area contributed by atoms with Gasteiger partial charge >= 0.3 is 0 Å². The van der Waals surface area contributed by atoms with Crippen LogP contribution in [-0.2, 0) is 26.2 Å². The Hall–Kier alpha value is -8.09. The Balaban J connectivity index is 0.738. The van der Waals surface area contributed by atoms with E-state index in [1.54, 1.807) is 36.5 Å². The summed E-state index contributed by atoms with van der Waals surface area (Å²) in [7, 11) is -4.66. The van der Waals surface area contributed by atoms with Gasteiger partial charge in [-0.2, -0.15) is 0 Å². The average Bonchev–Trinajstić information content (AvgIpc) is 4.04. The number of piperazine rings is 1. The number of nitrogens with one attached hydrogen (secondary N) is 4. The van der Waals surface area contributed by atoms with Crippen LogP contribution in [-0.4, -0.2) is 127 Å². The molecule has 0 radical (unpaired) electrons. The Bertz CT molecular complexity index is 3730. The van der Waals surface area contributed by atoms with Gasteiger partial charge in [-0.1, -0.05) is 61.1 Å². The van der Waals surface area contributed by atoms with E-state index >= 15 is 0 Å². The lowest BCUT2D eigenvalue weighted by atomic mass is 9.72. The van der Waals surface area contributed by atoms with Crippen molar-refractivity contribution in [1.82, 2.24) is 34.7 Å². The quantitative estimate of drug-likeness (QED) is 0.0326. The van der Waals surface area contributed by atoms with Gasteiger partial charge in [0.05, 0.1) is 28.1 Å². The highest BCUT2D eigenvalue weighted by molar-refractivity contribution is 7.90. The molecule has 21 heteroatoms. The Morgan fingerprint density at radius 3 is 2.56 bits per heavy atom. The molecule has 4 amide bonds. The zero-order chi connectivity index (χ0) is 57.3. The highest BCUT2D eigenvalue weighted by Crippen LogP contribution is 2.44. The lowest BCUT2D eigenvalue weighted by molar-refractivity contribution is -0.384. The monoisotopic (exact) mass is 1150 g/mol. The number of anilines is 2. The third kappa shape index (κ3) is 12.4.